The Balaban J connectivity index is 2.84. The molecule has 1 heterocycles. The summed E-state index contributed by atoms with van der Waals surface area (Å²) in [5.74, 6) is -0.216. The molecule has 118 valence electrons. The Kier molecular flexibility index (Phi) is 5.78. The molecule has 0 spiro atoms. The molecule has 4 N–H and O–H groups in total. The van der Waals surface area contributed by atoms with E-state index >= 15 is 0 Å². The first-order valence-corrected chi connectivity index (χ1v) is 8.02. The third-order valence-corrected chi connectivity index (χ3v) is 5.35. The molecule has 0 aliphatic rings. The highest BCUT2D eigenvalue weighted by Gasteiger charge is 2.40. The van der Waals surface area contributed by atoms with Gasteiger partial charge >= 0.3 is 0 Å². The number of thiophene rings is 1. The van der Waals surface area contributed by atoms with E-state index in [2.05, 4.69) is 30.4 Å². The Morgan fingerprint density at radius 2 is 2.05 bits per heavy atom. The normalized spacial score (nSPS) is 13.2. The smallest absolute Gasteiger partial charge is 0.233 e. The SMILES string of the molecule is CCC(CC)(C(=O)NCC(C)(C)c1cccs1)/C(N)=N/O. The maximum atomic E-state index is 12.6. The molecule has 1 amide bonds. The molecule has 6 heteroatoms. The fourth-order valence-electron chi connectivity index (χ4n) is 2.37. The lowest BCUT2D eigenvalue weighted by atomic mass is 9.79. The van der Waals surface area contributed by atoms with Gasteiger partial charge in [-0.2, -0.15) is 0 Å². The average Bonchev–Trinajstić information content (AvgIpc) is 3.01. The van der Waals surface area contributed by atoms with E-state index in [0.717, 1.165) is 0 Å². The van der Waals surface area contributed by atoms with E-state index in [1.807, 2.05) is 25.3 Å². The van der Waals surface area contributed by atoms with E-state index in [9.17, 15) is 4.79 Å². The Labute approximate surface area is 130 Å². The van der Waals surface area contributed by atoms with Crippen LogP contribution < -0.4 is 11.1 Å². The van der Waals surface area contributed by atoms with Crippen LogP contribution in [0.2, 0.25) is 0 Å². The molecule has 0 saturated heterocycles. The Morgan fingerprint density at radius 1 is 1.43 bits per heavy atom. The van der Waals surface area contributed by atoms with Gasteiger partial charge < -0.3 is 16.3 Å². The van der Waals surface area contributed by atoms with Crippen molar-refractivity contribution in [1.29, 1.82) is 0 Å². The van der Waals surface area contributed by atoms with E-state index < -0.39 is 5.41 Å². The van der Waals surface area contributed by atoms with Crippen LogP contribution in [-0.2, 0) is 10.2 Å². The first-order valence-electron chi connectivity index (χ1n) is 7.14. The molecule has 0 unspecified atom stereocenters. The maximum absolute atomic E-state index is 12.6. The van der Waals surface area contributed by atoms with E-state index in [-0.39, 0.29) is 17.2 Å². The summed E-state index contributed by atoms with van der Waals surface area (Å²) in [6.07, 6.45) is 0.981. The first kappa shape index (κ1) is 17.5. The van der Waals surface area contributed by atoms with Gasteiger partial charge in [0.25, 0.3) is 0 Å². The summed E-state index contributed by atoms with van der Waals surface area (Å²) in [4.78, 5) is 13.8. The fourth-order valence-corrected chi connectivity index (χ4v) is 3.22. The number of hydrogen-bond acceptors (Lipinski definition) is 4. The van der Waals surface area contributed by atoms with Gasteiger partial charge in [0.1, 0.15) is 5.41 Å². The molecular weight excluding hydrogens is 286 g/mol. The van der Waals surface area contributed by atoms with Crippen LogP contribution in [0.5, 0.6) is 0 Å². The number of oxime groups is 1. The van der Waals surface area contributed by atoms with Gasteiger partial charge in [0.2, 0.25) is 5.91 Å². The lowest BCUT2D eigenvalue weighted by molar-refractivity contribution is -0.128. The maximum Gasteiger partial charge on any atom is 0.233 e. The number of amides is 1. The first-order chi connectivity index (χ1) is 9.84. The summed E-state index contributed by atoms with van der Waals surface area (Å²) in [6, 6.07) is 4.07. The van der Waals surface area contributed by atoms with E-state index in [1.165, 1.54) is 4.88 Å². The third-order valence-electron chi connectivity index (χ3n) is 4.12. The second-order valence-electron chi connectivity index (χ2n) is 5.82. The molecule has 0 radical (unpaired) electrons. The fraction of sp³-hybridized carbons (Fsp3) is 0.600. The highest BCUT2D eigenvalue weighted by molar-refractivity contribution is 7.10. The molecule has 1 rings (SSSR count). The van der Waals surface area contributed by atoms with Gasteiger partial charge in [0, 0.05) is 16.8 Å². The van der Waals surface area contributed by atoms with Crippen molar-refractivity contribution in [2.24, 2.45) is 16.3 Å². The van der Waals surface area contributed by atoms with Crippen molar-refractivity contribution in [3.63, 3.8) is 0 Å². The van der Waals surface area contributed by atoms with E-state index in [0.29, 0.717) is 19.4 Å². The monoisotopic (exact) mass is 311 g/mol. The van der Waals surface area contributed by atoms with E-state index in [1.54, 1.807) is 11.3 Å². The van der Waals surface area contributed by atoms with Crippen molar-refractivity contribution in [3.8, 4) is 0 Å². The van der Waals surface area contributed by atoms with Crippen molar-refractivity contribution in [2.75, 3.05) is 6.54 Å². The van der Waals surface area contributed by atoms with Crippen molar-refractivity contribution in [3.05, 3.63) is 22.4 Å². The van der Waals surface area contributed by atoms with Gasteiger partial charge in [0.05, 0.1) is 0 Å². The van der Waals surface area contributed by atoms with Crippen LogP contribution in [0.25, 0.3) is 0 Å². The molecular formula is C15H25N3O2S. The number of carbonyl (C=O) groups is 1. The van der Waals surface area contributed by atoms with Crippen LogP contribution in [-0.4, -0.2) is 23.5 Å². The second kappa shape index (κ2) is 6.93. The Morgan fingerprint density at radius 3 is 2.48 bits per heavy atom. The second-order valence-corrected chi connectivity index (χ2v) is 6.77. The summed E-state index contributed by atoms with van der Waals surface area (Å²) in [5, 5.41) is 17.0. The molecule has 0 bridgehead atoms. The summed E-state index contributed by atoms with van der Waals surface area (Å²) < 4.78 is 0. The van der Waals surface area contributed by atoms with Gasteiger partial charge in [-0.15, -0.1) is 11.3 Å². The third kappa shape index (κ3) is 3.56. The number of rotatable bonds is 7. The molecule has 0 aromatic carbocycles. The van der Waals surface area contributed by atoms with Crippen molar-refractivity contribution < 1.29 is 10.0 Å². The zero-order chi connectivity index (χ0) is 16.1. The zero-order valence-electron chi connectivity index (χ0n) is 13.1. The quantitative estimate of drug-likeness (QED) is 0.313. The van der Waals surface area contributed by atoms with E-state index in [4.69, 9.17) is 10.9 Å². The minimum absolute atomic E-state index is 0.0288. The topological polar surface area (TPSA) is 87.7 Å². The molecule has 5 nitrogen and oxygen atoms in total. The molecule has 0 aliphatic carbocycles. The van der Waals surface area contributed by atoms with Crippen LogP contribution in [0, 0.1) is 5.41 Å². The van der Waals surface area contributed by atoms with Crippen molar-refractivity contribution in [2.45, 2.75) is 46.0 Å². The molecule has 1 aromatic rings. The number of nitrogens with two attached hydrogens (primary N) is 1. The summed E-state index contributed by atoms with van der Waals surface area (Å²) >= 11 is 1.67. The van der Waals surface area contributed by atoms with Crippen LogP contribution in [0.3, 0.4) is 0 Å². The average molecular weight is 311 g/mol. The molecule has 0 fully saturated rings. The highest BCUT2D eigenvalue weighted by atomic mass is 32.1. The lowest BCUT2D eigenvalue weighted by Crippen LogP contribution is -2.51. The lowest BCUT2D eigenvalue weighted by Gasteiger charge is -2.31. The van der Waals surface area contributed by atoms with Gasteiger partial charge in [-0.05, 0) is 24.3 Å². The minimum atomic E-state index is -0.944. The Hall–Kier alpha value is -1.56. The summed E-state index contributed by atoms with van der Waals surface area (Å²) in [5.41, 5.74) is 4.65. The molecule has 21 heavy (non-hydrogen) atoms. The van der Waals surface area contributed by atoms with Crippen molar-refractivity contribution >= 4 is 23.1 Å². The number of carbonyl (C=O) groups excluding carboxylic acids is 1. The van der Waals surface area contributed by atoms with Gasteiger partial charge in [-0.1, -0.05) is 38.9 Å². The summed E-state index contributed by atoms with van der Waals surface area (Å²) in [7, 11) is 0. The minimum Gasteiger partial charge on any atom is -0.409 e. The molecule has 0 atom stereocenters. The number of amidine groups is 1. The zero-order valence-corrected chi connectivity index (χ0v) is 14.0. The Bertz CT molecular complexity index is 491. The molecule has 0 aliphatic heterocycles. The predicted octanol–water partition coefficient (Wildman–Crippen LogP) is 2.69. The number of nitrogens with one attached hydrogen (secondary N) is 1. The standard InChI is InChI=1S/C15H25N3O2S/c1-5-15(6-2,12(16)18-20)13(19)17-10-14(3,4)11-8-7-9-21-11/h7-9,20H,5-6,10H2,1-4H3,(H2,16,18)(H,17,19). The van der Waals surface area contributed by atoms with Crippen molar-refractivity contribution in [1.82, 2.24) is 5.32 Å². The van der Waals surface area contributed by atoms with Gasteiger partial charge in [-0.25, -0.2) is 0 Å². The number of hydrogen-bond donors (Lipinski definition) is 3. The van der Waals surface area contributed by atoms with Gasteiger partial charge in [0.15, 0.2) is 5.84 Å². The van der Waals surface area contributed by atoms with Crippen LogP contribution >= 0.6 is 11.3 Å². The van der Waals surface area contributed by atoms with Crippen LogP contribution in [0.15, 0.2) is 22.7 Å². The highest BCUT2D eigenvalue weighted by Crippen LogP contribution is 2.29. The van der Waals surface area contributed by atoms with Crippen LogP contribution in [0.1, 0.15) is 45.4 Å². The van der Waals surface area contributed by atoms with Gasteiger partial charge in [-0.3, -0.25) is 4.79 Å². The molecule has 0 saturated carbocycles. The molecule has 1 aromatic heterocycles. The largest absolute Gasteiger partial charge is 0.409 e. The van der Waals surface area contributed by atoms with Crippen LogP contribution in [0.4, 0.5) is 0 Å². The summed E-state index contributed by atoms with van der Waals surface area (Å²) in [6.45, 7) is 8.41. The number of nitrogens with zero attached hydrogens (tertiary/aromatic N) is 1. The predicted molar refractivity (Wildman–Crippen MR) is 86.8 cm³/mol.